The molecule has 0 bridgehead atoms. The van der Waals surface area contributed by atoms with Crippen molar-refractivity contribution in [1.29, 1.82) is 0 Å². The Morgan fingerprint density at radius 2 is 1.46 bits per heavy atom. The van der Waals surface area contributed by atoms with Crippen LogP contribution in [0.1, 0.15) is 40.1 Å². The number of carbonyl (C=O) groups is 2. The Bertz CT molecular complexity index is 694. The molecule has 5 heteroatoms. The van der Waals surface area contributed by atoms with Crippen molar-refractivity contribution < 1.29 is 9.59 Å². The second kappa shape index (κ2) is 8.50. The lowest BCUT2D eigenvalue weighted by molar-refractivity contribution is 0.0935. The molecule has 24 heavy (non-hydrogen) atoms. The summed E-state index contributed by atoms with van der Waals surface area (Å²) in [6.45, 7) is 4.34. The maximum absolute atomic E-state index is 12.1. The molecule has 0 aromatic heterocycles. The van der Waals surface area contributed by atoms with Crippen molar-refractivity contribution in [2.45, 2.75) is 26.3 Å². The second-order valence-electron chi connectivity index (χ2n) is 5.84. The fourth-order valence-corrected chi connectivity index (χ4v) is 2.32. The van der Waals surface area contributed by atoms with Crippen molar-refractivity contribution in [2.75, 3.05) is 6.54 Å². The molecular formula is C19H21ClN2O2. The van der Waals surface area contributed by atoms with Crippen LogP contribution < -0.4 is 10.6 Å². The van der Waals surface area contributed by atoms with Crippen LogP contribution in [0.15, 0.2) is 48.5 Å². The van der Waals surface area contributed by atoms with E-state index in [2.05, 4.69) is 10.6 Å². The normalized spacial score (nSPS) is 10.5. The smallest absolute Gasteiger partial charge is 0.251 e. The molecular weight excluding hydrogens is 324 g/mol. The summed E-state index contributed by atoms with van der Waals surface area (Å²) in [5.74, 6) is -0.292. The van der Waals surface area contributed by atoms with E-state index >= 15 is 0 Å². The van der Waals surface area contributed by atoms with Crippen molar-refractivity contribution >= 4 is 23.4 Å². The molecule has 2 aromatic rings. The third-order valence-electron chi connectivity index (χ3n) is 3.44. The van der Waals surface area contributed by atoms with Gasteiger partial charge in [0, 0.05) is 28.7 Å². The summed E-state index contributed by atoms with van der Waals surface area (Å²) in [5, 5.41) is 6.38. The van der Waals surface area contributed by atoms with Gasteiger partial charge in [0.15, 0.2) is 0 Å². The Balaban J connectivity index is 1.86. The van der Waals surface area contributed by atoms with E-state index in [0.717, 1.165) is 12.0 Å². The number of nitrogens with one attached hydrogen (secondary N) is 2. The molecule has 0 heterocycles. The fraction of sp³-hybridized carbons (Fsp3) is 0.263. The second-order valence-corrected chi connectivity index (χ2v) is 6.27. The highest BCUT2D eigenvalue weighted by atomic mass is 35.5. The van der Waals surface area contributed by atoms with Gasteiger partial charge in [0.2, 0.25) is 0 Å². The van der Waals surface area contributed by atoms with E-state index in [-0.39, 0.29) is 17.9 Å². The van der Waals surface area contributed by atoms with Crippen LogP contribution in [-0.4, -0.2) is 24.4 Å². The first-order valence-corrected chi connectivity index (χ1v) is 8.27. The molecule has 4 nitrogen and oxygen atoms in total. The minimum atomic E-state index is -0.153. The van der Waals surface area contributed by atoms with Gasteiger partial charge in [-0.15, -0.1) is 0 Å². The first-order chi connectivity index (χ1) is 11.5. The SMILES string of the molecule is CC(C)NC(=O)c1ccc(C(=O)NCCc2ccc(Cl)cc2)cc1. The molecule has 126 valence electrons. The molecule has 2 amide bonds. The summed E-state index contributed by atoms with van der Waals surface area (Å²) in [5.41, 5.74) is 2.19. The molecule has 0 aliphatic heterocycles. The van der Waals surface area contributed by atoms with Gasteiger partial charge in [-0.05, 0) is 62.2 Å². The van der Waals surface area contributed by atoms with E-state index in [4.69, 9.17) is 11.6 Å². The molecule has 0 saturated heterocycles. The summed E-state index contributed by atoms with van der Waals surface area (Å²) in [6.07, 6.45) is 0.734. The van der Waals surface area contributed by atoms with E-state index in [9.17, 15) is 9.59 Å². The summed E-state index contributed by atoms with van der Waals surface area (Å²) >= 11 is 5.84. The van der Waals surface area contributed by atoms with Crippen molar-refractivity contribution in [3.05, 3.63) is 70.2 Å². The van der Waals surface area contributed by atoms with Crippen LogP contribution in [0, 0.1) is 0 Å². The first kappa shape index (κ1) is 18.0. The Kier molecular flexibility index (Phi) is 6.38. The quantitative estimate of drug-likeness (QED) is 0.843. The summed E-state index contributed by atoms with van der Waals surface area (Å²) in [6, 6.07) is 14.3. The molecule has 2 rings (SSSR count). The number of rotatable bonds is 6. The topological polar surface area (TPSA) is 58.2 Å². The summed E-state index contributed by atoms with van der Waals surface area (Å²) in [7, 11) is 0. The van der Waals surface area contributed by atoms with Crippen LogP contribution in [0.3, 0.4) is 0 Å². The zero-order valence-electron chi connectivity index (χ0n) is 13.8. The first-order valence-electron chi connectivity index (χ1n) is 7.89. The van der Waals surface area contributed by atoms with Crippen LogP contribution in [0.5, 0.6) is 0 Å². The average molecular weight is 345 g/mol. The standard InChI is InChI=1S/C19H21ClN2O2/c1-13(2)22-19(24)16-7-5-15(6-8-16)18(23)21-12-11-14-3-9-17(20)10-4-14/h3-10,13H,11-12H2,1-2H3,(H,21,23)(H,22,24). The van der Waals surface area contributed by atoms with Gasteiger partial charge in [-0.2, -0.15) is 0 Å². The van der Waals surface area contributed by atoms with Gasteiger partial charge in [-0.3, -0.25) is 9.59 Å². The maximum atomic E-state index is 12.1. The predicted octanol–water partition coefficient (Wildman–Crippen LogP) is 3.45. The van der Waals surface area contributed by atoms with Crippen LogP contribution >= 0.6 is 11.6 Å². The van der Waals surface area contributed by atoms with Gasteiger partial charge in [0.05, 0.1) is 0 Å². The zero-order chi connectivity index (χ0) is 17.5. The van der Waals surface area contributed by atoms with Gasteiger partial charge in [0.1, 0.15) is 0 Å². The Hall–Kier alpha value is -2.33. The Labute approximate surface area is 147 Å². The lowest BCUT2D eigenvalue weighted by atomic mass is 10.1. The van der Waals surface area contributed by atoms with Crippen molar-refractivity contribution in [3.8, 4) is 0 Å². The molecule has 0 unspecified atom stereocenters. The van der Waals surface area contributed by atoms with Crippen molar-refractivity contribution in [2.24, 2.45) is 0 Å². The lowest BCUT2D eigenvalue weighted by Gasteiger charge is -2.09. The number of benzene rings is 2. The maximum Gasteiger partial charge on any atom is 0.251 e. The van der Waals surface area contributed by atoms with Gasteiger partial charge in [-0.25, -0.2) is 0 Å². The van der Waals surface area contributed by atoms with Crippen molar-refractivity contribution in [1.82, 2.24) is 10.6 Å². The Morgan fingerprint density at radius 1 is 0.917 bits per heavy atom. The molecule has 0 aliphatic rings. The minimum Gasteiger partial charge on any atom is -0.352 e. The highest BCUT2D eigenvalue weighted by molar-refractivity contribution is 6.30. The molecule has 0 saturated carbocycles. The van der Waals surface area contributed by atoms with Gasteiger partial charge in [0.25, 0.3) is 11.8 Å². The van der Waals surface area contributed by atoms with E-state index in [1.54, 1.807) is 24.3 Å². The van der Waals surface area contributed by atoms with Gasteiger partial charge >= 0.3 is 0 Å². The van der Waals surface area contributed by atoms with Crippen LogP contribution in [-0.2, 0) is 6.42 Å². The molecule has 2 N–H and O–H groups in total. The number of halogens is 1. The molecule has 2 aromatic carbocycles. The highest BCUT2D eigenvalue weighted by Crippen LogP contribution is 2.10. The molecule has 0 atom stereocenters. The molecule has 0 aliphatic carbocycles. The number of hydrogen-bond acceptors (Lipinski definition) is 2. The zero-order valence-corrected chi connectivity index (χ0v) is 14.6. The average Bonchev–Trinajstić information content (AvgIpc) is 2.56. The largest absolute Gasteiger partial charge is 0.352 e. The van der Waals surface area contributed by atoms with E-state index in [1.165, 1.54) is 0 Å². The molecule has 0 spiro atoms. The van der Waals surface area contributed by atoms with E-state index in [1.807, 2.05) is 38.1 Å². The summed E-state index contributed by atoms with van der Waals surface area (Å²) < 4.78 is 0. The fourth-order valence-electron chi connectivity index (χ4n) is 2.19. The number of hydrogen-bond donors (Lipinski definition) is 2. The minimum absolute atomic E-state index is 0.0772. The Morgan fingerprint density at radius 3 is 2.00 bits per heavy atom. The van der Waals surface area contributed by atoms with Gasteiger partial charge in [-0.1, -0.05) is 23.7 Å². The van der Waals surface area contributed by atoms with Gasteiger partial charge < -0.3 is 10.6 Å². The van der Waals surface area contributed by atoms with Crippen LogP contribution in [0.4, 0.5) is 0 Å². The van der Waals surface area contributed by atoms with E-state index in [0.29, 0.717) is 22.7 Å². The summed E-state index contributed by atoms with van der Waals surface area (Å²) in [4.78, 5) is 24.0. The van der Waals surface area contributed by atoms with Crippen LogP contribution in [0.2, 0.25) is 5.02 Å². The number of carbonyl (C=O) groups excluding carboxylic acids is 2. The predicted molar refractivity (Wildman–Crippen MR) is 96.5 cm³/mol. The third-order valence-corrected chi connectivity index (χ3v) is 3.69. The van der Waals surface area contributed by atoms with Crippen LogP contribution in [0.25, 0.3) is 0 Å². The molecule has 0 fully saturated rings. The van der Waals surface area contributed by atoms with E-state index < -0.39 is 0 Å². The van der Waals surface area contributed by atoms with Crippen molar-refractivity contribution in [3.63, 3.8) is 0 Å². The third kappa shape index (κ3) is 5.39. The molecule has 0 radical (unpaired) electrons. The monoisotopic (exact) mass is 344 g/mol. The highest BCUT2D eigenvalue weighted by Gasteiger charge is 2.09. The lowest BCUT2D eigenvalue weighted by Crippen LogP contribution is -2.30. The number of amides is 2.